The normalized spacial score (nSPS) is 35.8. The lowest BCUT2D eigenvalue weighted by Crippen LogP contribution is -2.38. The van der Waals surface area contributed by atoms with Crippen molar-refractivity contribution in [1.29, 1.82) is 0 Å². The summed E-state index contributed by atoms with van der Waals surface area (Å²) in [5.74, 6) is -0.471. The maximum atomic E-state index is 10.7. The molecular formula is C10H15NO3. The molecule has 3 unspecified atom stereocenters. The molecule has 2 rings (SSSR count). The van der Waals surface area contributed by atoms with E-state index >= 15 is 0 Å². The van der Waals surface area contributed by atoms with E-state index in [-0.39, 0.29) is 12.1 Å². The van der Waals surface area contributed by atoms with Crippen LogP contribution in [0.1, 0.15) is 19.3 Å². The van der Waals surface area contributed by atoms with Crippen molar-refractivity contribution < 1.29 is 14.6 Å². The third kappa shape index (κ3) is 1.62. The zero-order valence-electron chi connectivity index (χ0n) is 8.19. The molecule has 78 valence electrons. The Balaban J connectivity index is 2.01. The summed E-state index contributed by atoms with van der Waals surface area (Å²) in [4.78, 5) is 10.7. The Morgan fingerprint density at radius 1 is 1.64 bits per heavy atom. The van der Waals surface area contributed by atoms with Gasteiger partial charge in [0.05, 0.1) is 6.10 Å². The molecule has 0 aromatic heterocycles. The lowest BCUT2D eigenvalue weighted by molar-refractivity contribution is -0.133. The van der Waals surface area contributed by atoms with Crippen LogP contribution in [0.25, 0.3) is 0 Å². The van der Waals surface area contributed by atoms with Crippen LogP contribution in [0.15, 0.2) is 11.8 Å². The summed E-state index contributed by atoms with van der Waals surface area (Å²) < 4.78 is 5.28. The number of methoxy groups -OCH3 is 1. The predicted octanol–water partition coefficient (Wildman–Crippen LogP) is 0.742. The van der Waals surface area contributed by atoms with E-state index in [1.165, 1.54) is 0 Å². The standard InChI is InChI=1S/C10H15NO3/c1-14-7-3-2-6-4-9(10(12)13)11-8(6)5-7/h4,6-8,11H,2-3,5H2,1H3,(H,12,13). The molecule has 0 aromatic rings. The minimum Gasteiger partial charge on any atom is -0.477 e. The van der Waals surface area contributed by atoms with Crippen LogP contribution < -0.4 is 5.32 Å². The van der Waals surface area contributed by atoms with Gasteiger partial charge in [-0.05, 0) is 31.3 Å². The second-order valence-electron chi connectivity index (χ2n) is 3.97. The molecule has 1 heterocycles. The van der Waals surface area contributed by atoms with Crippen LogP contribution in [0.3, 0.4) is 0 Å². The van der Waals surface area contributed by atoms with Gasteiger partial charge in [0.1, 0.15) is 5.70 Å². The average Bonchev–Trinajstić information content (AvgIpc) is 2.59. The molecule has 0 aromatic carbocycles. The summed E-state index contributed by atoms with van der Waals surface area (Å²) in [5.41, 5.74) is 0.358. The number of hydrogen-bond acceptors (Lipinski definition) is 3. The van der Waals surface area contributed by atoms with Crippen molar-refractivity contribution in [1.82, 2.24) is 5.32 Å². The number of rotatable bonds is 2. The summed E-state index contributed by atoms with van der Waals surface area (Å²) in [6.07, 6.45) is 5.09. The van der Waals surface area contributed by atoms with Gasteiger partial charge >= 0.3 is 5.97 Å². The van der Waals surface area contributed by atoms with Crippen LogP contribution in [0.4, 0.5) is 0 Å². The van der Waals surface area contributed by atoms with Crippen molar-refractivity contribution in [2.75, 3.05) is 7.11 Å². The fourth-order valence-corrected chi connectivity index (χ4v) is 2.33. The monoisotopic (exact) mass is 197 g/mol. The SMILES string of the molecule is COC1CCC2C=C(C(=O)O)NC2C1. The van der Waals surface area contributed by atoms with Gasteiger partial charge in [0.25, 0.3) is 0 Å². The Kier molecular flexibility index (Phi) is 2.46. The first-order valence-electron chi connectivity index (χ1n) is 4.95. The van der Waals surface area contributed by atoms with Crippen molar-refractivity contribution in [3.05, 3.63) is 11.8 Å². The lowest BCUT2D eigenvalue weighted by atomic mass is 9.84. The number of carbonyl (C=O) groups is 1. The van der Waals surface area contributed by atoms with Crippen LogP contribution in [0.5, 0.6) is 0 Å². The number of aliphatic carboxylic acids is 1. The molecule has 0 spiro atoms. The summed E-state index contributed by atoms with van der Waals surface area (Å²) in [7, 11) is 1.71. The van der Waals surface area contributed by atoms with Crippen molar-refractivity contribution in [2.24, 2.45) is 5.92 Å². The molecular weight excluding hydrogens is 182 g/mol. The summed E-state index contributed by atoms with van der Waals surface area (Å²) in [5, 5.41) is 11.9. The van der Waals surface area contributed by atoms with Gasteiger partial charge in [-0.1, -0.05) is 0 Å². The Morgan fingerprint density at radius 2 is 2.43 bits per heavy atom. The third-order valence-corrected chi connectivity index (χ3v) is 3.14. The number of fused-ring (bicyclic) bond motifs is 1. The highest BCUT2D eigenvalue weighted by atomic mass is 16.5. The van der Waals surface area contributed by atoms with Crippen LogP contribution in [-0.4, -0.2) is 30.3 Å². The summed E-state index contributed by atoms with van der Waals surface area (Å²) in [6, 6.07) is 0.264. The Bertz CT molecular complexity index is 275. The van der Waals surface area contributed by atoms with E-state index in [2.05, 4.69) is 5.32 Å². The molecule has 4 heteroatoms. The highest BCUT2D eigenvalue weighted by Crippen LogP contribution is 2.32. The number of ether oxygens (including phenoxy) is 1. The maximum Gasteiger partial charge on any atom is 0.351 e. The fraction of sp³-hybridized carbons (Fsp3) is 0.700. The molecule has 0 radical (unpaired) electrons. The zero-order chi connectivity index (χ0) is 10.1. The molecule has 4 nitrogen and oxygen atoms in total. The van der Waals surface area contributed by atoms with Crippen LogP contribution in [0.2, 0.25) is 0 Å². The number of carboxylic acids is 1. The Hall–Kier alpha value is -1.03. The van der Waals surface area contributed by atoms with Gasteiger partial charge in [-0.2, -0.15) is 0 Å². The molecule has 0 amide bonds. The number of hydrogen-bond donors (Lipinski definition) is 2. The molecule has 3 atom stereocenters. The van der Waals surface area contributed by atoms with Crippen molar-refractivity contribution in [3.63, 3.8) is 0 Å². The smallest absolute Gasteiger partial charge is 0.351 e. The molecule has 1 aliphatic carbocycles. The van der Waals surface area contributed by atoms with E-state index in [0.717, 1.165) is 19.3 Å². The average molecular weight is 197 g/mol. The van der Waals surface area contributed by atoms with E-state index in [9.17, 15) is 4.79 Å². The van der Waals surface area contributed by atoms with Gasteiger partial charge in [0, 0.05) is 13.2 Å². The minimum absolute atomic E-state index is 0.264. The van der Waals surface area contributed by atoms with Crippen LogP contribution >= 0.6 is 0 Å². The third-order valence-electron chi connectivity index (χ3n) is 3.14. The van der Waals surface area contributed by atoms with E-state index in [4.69, 9.17) is 9.84 Å². The van der Waals surface area contributed by atoms with E-state index in [1.807, 2.05) is 6.08 Å². The fourth-order valence-electron chi connectivity index (χ4n) is 2.33. The van der Waals surface area contributed by atoms with Gasteiger partial charge in [-0.3, -0.25) is 0 Å². The lowest BCUT2D eigenvalue weighted by Gasteiger charge is -2.30. The van der Waals surface area contributed by atoms with E-state index in [0.29, 0.717) is 11.6 Å². The van der Waals surface area contributed by atoms with Gasteiger partial charge in [0.2, 0.25) is 0 Å². The predicted molar refractivity (Wildman–Crippen MR) is 50.8 cm³/mol. The largest absolute Gasteiger partial charge is 0.477 e. The topological polar surface area (TPSA) is 58.6 Å². The van der Waals surface area contributed by atoms with E-state index in [1.54, 1.807) is 7.11 Å². The molecule has 0 saturated heterocycles. The van der Waals surface area contributed by atoms with Gasteiger partial charge in [-0.15, -0.1) is 0 Å². The number of carboxylic acid groups (broad SMARTS) is 1. The first kappa shape index (κ1) is 9.52. The minimum atomic E-state index is -0.853. The van der Waals surface area contributed by atoms with Gasteiger partial charge < -0.3 is 15.2 Å². The summed E-state index contributed by atoms with van der Waals surface area (Å²) in [6.45, 7) is 0. The molecule has 2 aliphatic rings. The second kappa shape index (κ2) is 3.61. The van der Waals surface area contributed by atoms with Crippen molar-refractivity contribution >= 4 is 5.97 Å². The molecule has 0 bridgehead atoms. The van der Waals surface area contributed by atoms with Gasteiger partial charge in [-0.25, -0.2) is 4.79 Å². The first-order chi connectivity index (χ1) is 6.70. The first-order valence-corrected chi connectivity index (χ1v) is 4.95. The quantitative estimate of drug-likeness (QED) is 0.685. The van der Waals surface area contributed by atoms with Crippen molar-refractivity contribution in [3.8, 4) is 0 Å². The Labute approximate surface area is 82.9 Å². The number of nitrogens with one attached hydrogen (secondary N) is 1. The maximum absolute atomic E-state index is 10.7. The zero-order valence-corrected chi connectivity index (χ0v) is 8.19. The molecule has 1 fully saturated rings. The van der Waals surface area contributed by atoms with Gasteiger partial charge in [0.15, 0.2) is 0 Å². The highest BCUT2D eigenvalue weighted by Gasteiger charge is 2.35. The Morgan fingerprint density at radius 3 is 3.07 bits per heavy atom. The second-order valence-corrected chi connectivity index (χ2v) is 3.97. The molecule has 1 saturated carbocycles. The van der Waals surface area contributed by atoms with Crippen LogP contribution in [0, 0.1) is 5.92 Å². The van der Waals surface area contributed by atoms with E-state index < -0.39 is 5.97 Å². The van der Waals surface area contributed by atoms with Crippen LogP contribution in [-0.2, 0) is 9.53 Å². The highest BCUT2D eigenvalue weighted by molar-refractivity contribution is 5.86. The molecule has 1 aliphatic heterocycles. The molecule has 2 N–H and O–H groups in total. The summed E-state index contributed by atoms with van der Waals surface area (Å²) >= 11 is 0. The molecule has 14 heavy (non-hydrogen) atoms. The van der Waals surface area contributed by atoms with Crippen molar-refractivity contribution in [2.45, 2.75) is 31.4 Å².